The van der Waals surface area contributed by atoms with Crippen LogP contribution in [0.25, 0.3) is 11.1 Å². The molecule has 0 bridgehead atoms. The van der Waals surface area contributed by atoms with Crippen LogP contribution < -0.4 is 4.74 Å². The topological polar surface area (TPSA) is 42.4 Å². The number of amides is 1. The number of benzene rings is 2. The van der Waals surface area contributed by atoms with E-state index in [0.717, 1.165) is 4.90 Å². The SMILES string of the molecule is O=C(c1cc(C(F)(F)F)cc(C(F)(F)F)c1)N1CCOc2nccc(-c3cccc(F)c3)c2C1. The molecule has 1 aromatic heterocycles. The van der Waals surface area contributed by atoms with E-state index in [1.54, 1.807) is 12.1 Å². The Kier molecular flexibility index (Phi) is 5.96. The number of aromatic nitrogens is 1. The minimum Gasteiger partial charge on any atom is -0.476 e. The number of ether oxygens (including phenoxy) is 1. The summed E-state index contributed by atoms with van der Waals surface area (Å²) in [5.74, 6) is -1.42. The molecule has 34 heavy (non-hydrogen) atoms. The van der Waals surface area contributed by atoms with E-state index in [-0.39, 0.29) is 31.6 Å². The molecular formula is C23H15F7N2O2. The molecule has 4 rings (SSSR count). The first-order chi connectivity index (χ1) is 15.9. The molecule has 11 heteroatoms. The molecule has 0 saturated carbocycles. The van der Waals surface area contributed by atoms with Crippen molar-refractivity contribution in [3.8, 4) is 17.0 Å². The van der Waals surface area contributed by atoms with Gasteiger partial charge in [-0.2, -0.15) is 26.3 Å². The number of carbonyl (C=O) groups is 1. The lowest BCUT2D eigenvalue weighted by molar-refractivity contribution is -0.143. The first-order valence-electron chi connectivity index (χ1n) is 9.89. The van der Waals surface area contributed by atoms with Crippen LogP contribution in [0, 0.1) is 5.82 Å². The van der Waals surface area contributed by atoms with E-state index in [4.69, 9.17) is 4.74 Å². The third-order valence-electron chi connectivity index (χ3n) is 5.22. The van der Waals surface area contributed by atoms with Crippen LogP contribution in [0.15, 0.2) is 54.7 Å². The predicted molar refractivity (Wildman–Crippen MR) is 106 cm³/mol. The molecule has 1 aliphatic rings. The third-order valence-corrected chi connectivity index (χ3v) is 5.22. The molecule has 0 fully saturated rings. The Bertz CT molecular complexity index is 1210. The molecule has 0 spiro atoms. The van der Waals surface area contributed by atoms with Crippen LogP contribution in [0.2, 0.25) is 0 Å². The second-order valence-electron chi connectivity index (χ2n) is 7.52. The maximum absolute atomic E-state index is 13.8. The number of alkyl halides is 6. The maximum atomic E-state index is 13.8. The standard InChI is InChI=1S/C23H15F7N2O2/c24-17-3-1-2-13(10-17)18-4-5-31-20-19(18)12-32(6-7-34-20)21(33)14-8-15(22(25,26)27)11-16(9-14)23(28,29)30/h1-5,8-11H,6-7,12H2. The number of carbonyl (C=O) groups excluding carboxylic acids is 1. The minimum absolute atomic E-state index is 0.0381. The average Bonchev–Trinajstić information content (AvgIpc) is 2.99. The van der Waals surface area contributed by atoms with Gasteiger partial charge in [0.25, 0.3) is 5.91 Å². The Morgan fingerprint density at radius 3 is 2.24 bits per heavy atom. The lowest BCUT2D eigenvalue weighted by Crippen LogP contribution is -2.33. The van der Waals surface area contributed by atoms with Crippen molar-refractivity contribution in [3.63, 3.8) is 0 Å². The van der Waals surface area contributed by atoms with E-state index < -0.39 is 40.8 Å². The highest BCUT2D eigenvalue weighted by molar-refractivity contribution is 5.95. The van der Waals surface area contributed by atoms with E-state index in [1.165, 1.54) is 24.4 Å². The Balaban J connectivity index is 1.75. The molecule has 2 heterocycles. The van der Waals surface area contributed by atoms with Gasteiger partial charge in [-0.05, 0) is 47.5 Å². The molecule has 0 atom stereocenters. The van der Waals surface area contributed by atoms with E-state index in [1.807, 2.05) is 0 Å². The van der Waals surface area contributed by atoms with E-state index in [9.17, 15) is 35.5 Å². The Morgan fingerprint density at radius 2 is 1.62 bits per heavy atom. The monoisotopic (exact) mass is 484 g/mol. The van der Waals surface area contributed by atoms with Crippen molar-refractivity contribution in [3.05, 3.63) is 82.8 Å². The van der Waals surface area contributed by atoms with Gasteiger partial charge in [-0.15, -0.1) is 0 Å². The van der Waals surface area contributed by atoms with E-state index in [0.29, 0.717) is 28.8 Å². The summed E-state index contributed by atoms with van der Waals surface area (Å²) < 4.78 is 98.7. The fourth-order valence-electron chi connectivity index (χ4n) is 3.63. The summed E-state index contributed by atoms with van der Waals surface area (Å²) in [6.07, 6.45) is -8.75. The summed E-state index contributed by atoms with van der Waals surface area (Å²) in [7, 11) is 0. The molecule has 2 aromatic carbocycles. The zero-order valence-corrected chi connectivity index (χ0v) is 17.2. The van der Waals surface area contributed by atoms with Crippen LogP contribution in [0.1, 0.15) is 27.0 Å². The molecule has 0 unspecified atom stereocenters. The van der Waals surface area contributed by atoms with Crippen molar-refractivity contribution in [1.29, 1.82) is 0 Å². The van der Waals surface area contributed by atoms with Gasteiger partial charge in [-0.25, -0.2) is 9.37 Å². The van der Waals surface area contributed by atoms with Gasteiger partial charge < -0.3 is 9.64 Å². The molecule has 1 aliphatic heterocycles. The fraction of sp³-hybridized carbons (Fsp3) is 0.217. The minimum atomic E-state index is -5.08. The fourth-order valence-corrected chi connectivity index (χ4v) is 3.63. The Hall–Kier alpha value is -3.63. The zero-order valence-electron chi connectivity index (χ0n) is 17.2. The second-order valence-corrected chi connectivity index (χ2v) is 7.52. The summed E-state index contributed by atoms with van der Waals surface area (Å²) in [4.78, 5) is 18.2. The Morgan fingerprint density at radius 1 is 0.941 bits per heavy atom. The number of fused-ring (bicyclic) bond motifs is 1. The highest BCUT2D eigenvalue weighted by Gasteiger charge is 2.38. The summed E-state index contributed by atoms with van der Waals surface area (Å²) in [6.45, 7) is -0.426. The lowest BCUT2D eigenvalue weighted by Gasteiger charge is -2.22. The van der Waals surface area contributed by atoms with Crippen LogP contribution >= 0.6 is 0 Å². The van der Waals surface area contributed by atoms with Crippen molar-refractivity contribution in [2.75, 3.05) is 13.2 Å². The van der Waals surface area contributed by atoms with Gasteiger partial charge in [-0.3, -0.25) is 4.79 Å². The molecule has 4 nitrogen and oxygen atoms in total. The molecule has 0 aliphatic carbocycles. The maximum Gasteiger partial charge on any atom is 0.416 e. The molecule has 3 aromatic rings. The summed E-state index contributed by atoms with van der Waals surface area (Å²) >= 11 is 0. The van der Waals surface area contributed by atoms with Crippen LogP contribution in [0.5, 0.6) is 5.88 Å². The van der Waals surface area contributed by atoms with Crippen LogP contribution in [0.4, 0.5) is 30.7 Å². The smallest absolute Gasteiger partial charge is 0.416 e. The van der Waals surface area contributed by atoms with Crippen molar-refractivity contribution in [1.82, 2.24) is 9.88 Å². The largest absolute Gasteiger partial charge is 0.476 e. The molecule has 0 saturated heterocycles. The number of hydrogen-bond donors (Lipinski definition) is 0. The van der Waals surface area contributed by atoms with Gasteiger partial charge in [0, 0.05) is 17.3 Å². The van der Waals surface area contributed by atoms with Crippen LogP contribution in [0.3, 0.4) is 0 Å². The summed E-state index contributed by atoms with van der Waals surface area (Å²) in [6, 6.07) is 7.86. The number of nitrogens with zero attached hydrogens (tertiary/aromatic N) is 2. The van der Waals surface area contributed by atoms with Gasteiger partial charge in [0.15, 0.2) is 0 Å². The normalized spacial score (nSPS) is 14.3. The molecule has 0 N–H and O–H groups in total. The van der Waals surface area contributed by atoms with Gasteiger partial charge in [0.05, 0.1) is 24.2 Å². The van der Waals surface area contributed by atoms with E-state index >= 15 is 0 Å². The number of hydrogen-bond acceptors (Lipinski definition) is 3. The zero-order chi connectivity index (χ0) is 24.7. The summed E-state index contributed by atoms with van der Waals surface area (Å²) in [5.41, 5.74) is -2.68. The van der Waals surface area contributed by atoms with Crippen LogP contribution in [-0.2, 0) is 18.9 Å². The molecule has 1 amide bonds. The average molecular weight is 484 g/mol. The highest BCUT2D eigenvalue weighted by Crippen LogP contribution is 2.37. The molecule has 0 radical (unpaired) electrons. The molecular weight excluding hydrogens is 469 g/mol. The second kappa shape index (κ2) is 8.62. The van der Waals surface area contributed by atoms with Crippen LogP contribution in [-0.4, -0.2) is 28.9 Å². The van der Waals surface area contributed by atoms with Crippen molar-refractivity contribution < 1.29 is 40.3 Å². The first-order valence-corrected chi connectivity index (χ1v) is 9.89. The summed E-state index contributed by atoms with van der Waals surface area (Å²) in [5, 5.41) is 0. The van der Waals surface area contributed by atoms with E-state index in [2.05, 4.69) is 4.98 Å². The van der Waals surface area contributed by atoms with Gasteiger partial charge >= 0.3 is 12.4 Å². The van der Waals surface area contributed by atoms with Gasteiger partial charge in [-0.1, -0.05) is 12.1 Å². The third kappa shape index (κ3) is 4.82. The first kappa shape index (κ1) is 23.5. The molecule has 178 valence electrons. The van der Waals surface area contributed by atoms with Crippen molar-refractivity contribution in [2.24, 2.45) is 0 Å². The van der Waals surface area contributed by atoms with Gasteiger partial charge in [0.1, 0.15) is 12.4 Å². The quantitative estimate of drug-likeness (QED) is 0.422. The van der Waals surface area contributed by atoms with Crippen molar-refractivity contribution >= 4 is 5.91 Å². The number of halogens is 7. The highest BCUT2D eigenvalue weighted by atomic mass is 19.4. The van der Waals surface area contributed by atoms with Gasteiger partial charge in [0.2, 0.25) is 5.88 Å². The number of pyridine rings is 1. The lowest BCUT2D eigenvalue weighted by atomic mass is 10.00. The number of rotatable bonds is 2. The van der Waals surface area contributed by atoms with Crippen molar-refractivity contribution in [2.45, 2.75) is 18.9 Å². The predicted octanol–water partition coefficient (Wildman–Crippen LogP) is 5.96. The Labute approximate surface area is 188 Å².